The fourth-order valence-electron chi connectivity index (χ4n) is 2.91. The van der Waals surface area contributed by atoms with Gasteiger partial charge in [0, 0.05) is 24.2 Å². The molecule has 0 saturated carbocycles. The van der Waals surface area contributed by atoms with E-state index >= 15 is 0 Å². The third-order valence-electron chi connectivity index (χ3n) is 3.88. The van der Waals surface area contributed by atoms with Crippen molar-refractivity contribution in [3.63, 3.8) is 0 Å². The fourth-order valence-corrected chi connectivity index (χ4v) is 3.39. The molecule has 0 fully saturated rings. The van der Waals surface area contributed by atoms with Crippen LogP contribution in [0, 0.1) is 0 Å². The average molecular weight is 339 g/mol. The van der Waals surface area contributed by atoms with E-state index in [0.29, 0.717) is 31.6 Å². The number of ketones is 2. The Hall–Kier alpha value is -1.89. The molecule has 1 aliphatic rings. The monoisotopic (exact) mass is 339 g/mol. The van der Waals surface area contributed by atoms with Gasteiger partial charge in [0.2, 0.25) is 0 Å². The van der Waals surface area contributed by atoms with E-state index in [2.05, 4.69) is 0 Å². The largest absolute Gasteiger partial charge is 0.382 e. The number of Topliss-reactive ketones (excluding diaryl/α,β-unsaturated/α-hetero) is 2. The molecular formula is C16H21NO5S. The Morgan fingerprint density at radius 3 is 2.57 bits per heavy atom. The van der Waals surface area contributed by atoms with Gasteiger partial charge in [-0.1, -0.05) is 6.07 Å². The Balaban J connectivity index is 2.31. The van der Waals surface area contributed by atoms with Crippen molar-refractivity contribution >= 4 is 27.4 Å². The normalized spacial score (nSPS) is 15.2. The maximum absolute atomic E-state index is 12.0. The number of carbonyl (C=O) groups is 2. The molecule has 0 aliphatic carbocycles. The molecule has 1 aromatic rings. The van der Waals surface area contributed by atoms with E-state index in [1.54, 1.807) is 12.1 Å². The number of carbonyl (C=O) groups excluding carboxylic acids is 2. The minimum absolute atomic E-state index is 0.00599. The third-order valence-corrected chi connectivity index (χ3v) is 4.36. The van der Waals surface area contributed by atoms with Gasteiger partial charge in [-0.2, -0.15) is 8.42 Å². The van der Waals surface area contributed by atoms with Crippen LogP contribution < -0.4 is 9.08 Å². The number of anilines is 1. The second-order valence-electron chi connectivity index (χ2n) is 5.85. The first-order chi connectivity index (χ1) is 10.7. The van der Waals surface area contributed by atoms with Gasteiger partial charge in [-0.15, -0.1) is 0 Å². The zero-order valence-electron chi connectivity index (χ0n) is 13.5. The molecule has 1 aliphatic heterocycles. The van der Waals surface area contributed by atoms with E-state index < -0.39 is 10.1 Å². The number of hydrogen-bond acceptors (Lipinski definition) is 6. The molecule has 0 bridgehead atoms. The van der Waals surface area contributed by atoms with Gasteiger partial charge >= 0.3 is 10.1 Å². The summed E-state index contributed by atoms with van der Waals surface area (Å²) >= 11 is 0. The quantitative estimate of drug-likeness (QED) is 0.704. The maximum atomic E-state index is 12.0. The van der Waals surface area contributed by atoms with Gasteiger partial charge in [-0.05, 0) is 38.8 Å². The summed E-state index contributed by atoms with van der Waals surface area (Å²) in [6.07, 6.45) is 2.41. The zero-order chi connectivity index (χ0) is 17.2. The number of fused-ring (bicyclic) bond motifs is 1. The Bertz CT molecular complexity index is 726. The first-order valence-electron chi connectivity index (χ1n) is 7.47. The first-order valence-corrected chi connectivity index (χ1v) is 9.28. The number of hydrogen-bond donors (Lipinski definition) is 0. The molecule has 7 heteroatoms. The molecule has 1 aromatic carbocycles. The van der Waals surface area contributed by atoms with Crippen molar-refractivity contribution in [3.8, 4) is 5.75 Å². The van der Waals surface area contributed by atoms with Crippen LogP contribution in [0.1, 0.15) is 32.3 Å². The average Bonchev–Trinajstić information content (AvgIpc) is 2.82. The van der Waals surface area contributed by atoms with Crippen molar-refractivity contribution in [2.75, 3.05) is 17.7 Å². The molecule has 0 saturated heterocycles. The number of benzene rings is 1. The SMILES string of the molecule is CC(=O)CCC(C(C)=O)N1CCc2c(OS(C)(=O)=O)cccc21. The van der Waals surface area contributed by atoms with Crippen molar-refractivity contribution in [2.24, 2.45) is 0 Å². The number of rotatable bonds is 7. The van der Waals surface area contributed by atoms with Crippen LogP contribution in [0.3, 0.4) is 0 Å². The Labute approximate surface area is 136 Å². The van der Waals surface area contributed by atoms with Gasteiger partial charge in [0.05, 0.1) is 12.3 Å². The summed E-state index contributed by atoms with van der Waals surface area (Å²) in [7, 11) is -3.60. The fraction of sp³-hybridized carbons (Fsp3) is 0.500. The van der Waals surface area contributed by atoms with Gasteiger partial charge in [-0.25, -0.2) is 0 Å². The lowest BCUT2D eigenvalue weighted by molar-refractivity contribution is -0.119. The highest BCUT2D eigenvalue weighted by Gasteiger charge is 2.31. The van der Waals surface area contributed by atoms with Crippen LogP contribution in [-0.2, 0) is 26.1 Å². The van der Waals surface area contributed by atoms with E-state index in [1.165, 1.54) is 13.8 Å². The topological polar surface area (TPSA) is 80.8 Å². The molecule has 0 spiro atoms. The minimum Gasteiger partial charge on any atom is -0.382 e. The predicted molar refractivity (Wildman–Crippen MR) is 87.3 cm³/mol. The summed E-state index contributed by atoms with van der Waals surface area (Å²) < 4.78 is 27.8. The van der Waals surface area contributed by atoms with Gasteiger partial charge in [-0.3, -0.25) is 4.79 Å². The highest BCUT2D eigenvalue weighted by molar-refractivity contribution is 7.86. The Morgan fingerprint density at radius 2 is 2.00 bits per heavy atom. The summed E-state index contributed by atoms with van der Waals surface area (Å²) in [4.78, 5) is 25.2. The summed E-state index contributed by atoms with van der Waals surface area (Å²) in [6.45, 7) is 3.62. The molecular weight excluding hydrogens is 318 g/mol. The standard InChI is InChI=1S/C16H21NO5S/c1-11(18)7-8-14(12(2)19)17-10-9-13-15(17)5-4-6-16(13)22-23(3,20)21/h4-6,14H,7-10H2,1-3H3. The zero-order valence-corrected chi connectivity index (χ0v) is 14.4. The molecule has 0 radical (unpaired) electrons. The Morgan fingerprint density at radius 1 is 1.30 bits per heavy atom. The molecule has 0 N–H and O–H groups in total. The third kappa shape index (κ3) is 4.31. The summed E-state index contributed by atoms with van der Waals surface area (Å²) in [5, 5.41) is 0. The summed E-state index contributed by atoms with van der Waals surface area (Å²) in [5.41, 5.74) is 1.59. The van der Waals surface area contributed by atoms with E-state index in [-0.39, 0.29) is 17.6 Å². The molecule has 2 rings (SSSR count). The van der Waals surface area contributed by atoms with Crippen molar-refractivity contribution in [1.29, 1.82) is 0 Å². The minimum atomic E-state index is -3.60. The summed E-state index contributed by atoms with van der Waals surface area (Å²) in [6, 6.07) is 4.79. The van der Waals surface area contributed by atoms with Crippen LogP contribution in [0.5, 0.6) is 5.75 Å². The van der Waals surface area contributed by atoms with Crippen LogP contribution in [0.15, 0.2) is 18.2 Å². The van der Waals surface area contributed by atoms with Gasteiger partial charge in [0.25, 0.3) is 0 Å². The molecule has 23 heavy (non-hydrogen) atoms. The van der Waals surface area contributed by atoms with Crippen LogP contribution in [0.25, 0.3) is 0 Å². The molecule has 0 amide bonds. The van der Waals surface area contributed by atoms with Crippen molar-refractivity contribution in [1.82, 2.24) is 0 Å². The van der Waals surface area contributed by atoms with Crippen LogP contribution in [0.2, 0.25) is 0 Å². The van der Waals surface area contributed by atoms with E-state index in [1.807, 2.05) is 11.0 Å². The molecule has 6 nitrogen and oxygen atoms in total. The van der Waals surface area contributed by atoms with Gasteiger partial charge in [0.15, 0.2) is 5.78 Å². The van der Waals surface area contributed by atoms with Crippen molar-refractivity contribution in [3.05, 3.63) is 23.8 Å². The second kappa shape index (κ2) is 6.70. The molecule has 0 aromatic heterocycles. The number of nitrogens with zero attached hydrogens (tertiary/aromatic N) is 1. The van der Waals surface area contributed by atoms with E-state index in [0.717, 1.165) is 17.5 Å². The van der Waals surface area contributed by atoms with E-state index in [4.69, 9.17) is 4.18 Å². The van der Waals surface area contributed by atoms with Crippen molar-refractivity contribution in [2.45, 2.75) is 39.2 Å². The Kier molecular flexibility index (Phi) is 5.09. The van der Waals surface area contributed by atoms with Crippen LogP contribution in [-0.4, -0.2) is 38.8 Å². The maximum Gasteiger partial charge on any atom is 0.306 e. The summed E-state index contributed by atoms with van der Waals surface area (Å²) in [5.74, 6) is 0.347. The smallest absolute Gasteiger partial charge is 0.306 e. The first kappa shape index (κ1) is 17.5. The lowest BCUT2D eigenvalue weighted by Crippen LogP contribution is -2.39. The van der Waals surface area contributed by atoms with Crippen LogP contribution >= 0.6 is 0 Å². The second-order valence-corrected chi connectivity index (χ2v) is 7.43. The van der Waals surface area contributed by atoms with Gasteiger partial charge < -0.3 is 13.9 Å². The lowest BCUT2D eigenvalue weighted by Gasteiger charge is -2.28. The van der Waals surface area contributed by atoms with E-state index in [9.17, 15) is 18.0 Å². The molecule has 1 unspecified atom stereocenters. The molecule has 1 heterocycles. The van der Waals surface area contributed by atoms with Gasteiger partial charge in [0.1, 0.15) is 11.5 Å². The molecule has 1 atom stereocenters. The highest BCUT2D eigenvalue weighted by atomic mass is 32.2. The highest BCUT2D eigenvalue weighted by Crippen LogP contribution is 2.37. The lowest BCUT2D eigenvalue weighted by atomic mass is 10.0. The molecule has 126 valence electrons. The van der Waals surface area contributed by atoms with Crippen LogP contribution in [0.4, 0.5) is 5.69 Å². The predicted octanol–water partition coefficient (Wildman–Crippen LogP) is 1.71. The van der Waals surface area contributed by atoms with Crippen molar-refractivity contribution < 1.29 is 22.2 Å².